The van der Waals surface area contributed by atoms with Crippen molar-refractivity contribution in [3.63, 3.8) is 0 Å². The molecule has 0 aromatic rings. The summed E-state index contributed by atoms with van der Waals surface area (Å²) in [5, 5.41) is 3.61. The van der Waals surface area contributed by atoms with E-state index >= 15 is 0 Å². The minimum atomic E-state index is -0.0964. The molecule has 0 aromatic carbocycles. The van der Waals surface area contributed by atoms with Crippen molar-refractivity contribution >= 4 is 0 Å². The lowest BCUT2D eigenvalue weighted by atomic mass is 9.91. The monoisotopic (exact) mass is 243 g/mol. The predicted octanol–water partition coefficient (Wildman–Crippen LogP) is 2.80. The average Bonchev–Trinajstić information content (AvgIpc) is 2.49. The molecule has 2 unspecified atom stereocenters. The normalized spacial score (nSPS) is 27.9. The summed E-state index contributed by atoms with van der Waals surface area (Å²) in [5.74, 6) is 0.744. The van der Waals surface area contributed by atoms with Crippen LogP contribution in [0.1, 0.15) is 47.5 Å². The van der Waals surface area contributed by atoms with E-state index in [-0.39, 0.29) is 6.29 Å². The highest BCUT2D eigenvalue weighted by atomic mass is 16.7. The van der Waals surface area contributed by atoms with Crippen LogP contribution in [0.2, 0.25) is 0 Å². The average molecular weight is 243 g/mol. The van der Waals surface area contributed by atoms with E-state index in [4.69, 9.17) is 9.47 Å². The van der Waals surface area contributed by atoms with Crippen LogP contribution in [0.4, 0.5) is 0 Å². The van der Waals surface area contributed by atoms with Gasteiger partial charge in [0.15, 0.2) is 6.29 Å². The molecular formula is C14H29NO2. The quantitative estimate of drug-likeness (QED) is 0.697. The molecule has 3 heteroatoms. The summed E-state index contributed by atoms with van der Waals surface area (Å²) >= 11 is 0. The Morgan fingerprint density at radius 2 is 1.76 bits per heavy atom. The van der Waals surface area contributed by atoms with Gasteiger partial charge in [-0.3, -0.25) is 0 Å². The van der Waals surface area contributed by atoms with E-state index in [1.165, 1.54) is 12.8 Å². The van der Waals surface area contributed by atoms with Gasteiger partial charge in [0.05, 0.1) is 0 Å². The van der Waals surface area contributed by atoms with Crippen molar-refractivity contribution in [2.24, 2.45) is 11.3 Å². The molecule has 1 N–H and O–H groups in total. The van der Waals surface area contributed by atoms with E-state index < -0.39 is 0 Å². The molecule has 3 nitrogen and oxygen atoms in total. The summed E-state index contributed by atoms with van der Waals surface area (Å²) in [5.41, 5.74) is 0.476. The van der Waals surface area contributed by atoms with Crippen LogP contribution in [0.25, 0.3) is 0 Å². The lowest BCUT2D eigenvalue weighted by Crippen LogP contribution is -2.39. The van der Waals surface area contributed by atoms with Crippen molar-refractivity contribution in [3.8, 4) is 0 Å². The first-order chi connectivity index (χ1) is 7.98. The Morgan fingerprint density at radius 1 is 1.18 bits per heavy atom. The molecule has 1 aliphatic rings. The Balaban J connectivity index is 2.33. The van der Waals surface area contributed by atoms with E-state index in [1.807, 2.05) is 13.8 Å². The standard InChI is InChI=1S/C14H29NO2/c1-6-16-13(17-7-2)10-15-12-9-14(4,5)8-11(12)3/h11-13,15H,6-10H2,1-5H3. The summed E-state index contributed by atoms with van der Waals surface area (Å²) < 4.78 is 11.1. The Labute approximate surface area is 106 Å². The van der Waals surface area contributed by atoms with Gasteiger partial charge in [0, 0.05) is 25.8 Å². The molecule has 0 aromatic heterocycles. The molecule has 2 atom stereocenters. The fourth-order valence-electron chi connectivity index (χ4n) is 2.95. The van der Waals surface area contributed by atoms with Gasteiger partial charge in [-0.25, -0.2) is 0 Å². The van der Waals surface area contributed by atoms with Gasteiger partial charge in [-0.05, 0) is 38.0 Å². The first-order valence-corrected chi connectivity index (χ1v) is 6.95. The maximum Gasteiger partial charge on any atom is 0.169 e. The summed E-state index contributed by atoms with van der Waals surface area (Å²) in [6.45, 7) is 13.3. The largest absolute Gasteiger partial charge is 0.352 e. The maximum atomic E-state index is 5.54. The van der Waals surface area contributed by atoms with Crippen LogP contribution in [0.5, 0.6) is 0 Å². The minimum Gasteiger partial charge on any atom is -0.352 e. The van der Waals surface area contributed by atoms with Gasteiger partial charge in [0.25, 0.3) is 0 Å². The van der Waals surface area contributed by atoms with E-state index in [2.05, 4.69) is 26.1 Å². The number of hydrogen-bond donors (Lipinski definition) is 1. The first-order valence-electron chi connectivity index (χ1n) is 6.95. The molecule has 0 amide bonds. The Hall–Kier alpha value is -0.120. The number of nitrogens with one attached hydrogen (secondary N) is 1. The summed E-state index contributed by atoms with van der Waals surface area (Å²) in [4.78, 5) is 0. The molecule has 0 spiro atoms. The molecule has 0 radical (unpaired) electrons. The maximum absolute atomic E-state index is 5.54. The Kier molecular flexibility index (Phi) is 5.90. The van der Waals surface area contributed by atoms with Crippen molar-refractivity contribution < 1.29 is 9.47 Å². The van der Waals surface area contributed by atoms with E-state index in [9.17, 15) is 0 Å². The van der Waals surface area contributed by atoms with Crippen LogP contribution in [0, 0.1) is 11.3 Å². The topological polar surface area (TPSA) is 30.5 Å². The lowest BCUT2D eigenvalue weighted by molar-refractivity contribution is -0.134. The van der Waals surface area contributed by atoms with Crippen molar-refractivity contribution in [2.45, 2.75) is 59.8 Å². The van der Waals surface area contributed by atoms with Gasteiger partial charge >= 0.3 is 0 Å². The van der Waals surface area contributed by atoms with Gasteiger partial charge in [-0.2, -0.15) is 0 Å². The summed E-state index contributed by atoms with van der Waals surface area (Å²) in [6.07, 6.45) is 2.46. The van der Waals surface area contributed by atoms with Crippen LogP contribution in [0.15, 0.2) is 0 Å². The lowest BCUT2D eigenvalue weighted by Gasteiger charge is -2.23. The van der Waals surface area contributed by atoms with Gasteiger partial charge in [0.2, 0.25) is 0 Å². The third kappa shape index (κ3) is 4.94. The van der Waals surface area contributed by atoms with Crippen molar-refractivity contribution in [2.75, 3.05) is 19.8 Å². The smallest absolute Gasteiger partial charge is 0.169 e. The highest BCUT2D eigenvalue weighted by molar-refractivity contribution is 4.91. The zero-order chi connectivity index (χ0) is 12.9. The highest BCUT2D eigenvalue weighted by Gasteiger charge is 2.36. The molecule has 102 valence electrons. The summed E-state index contributed by atoms with van der Waals surface area (Å²) in [6, 6.07) is 0.605. The fraction of sp³-hybridized carbons (Fsp3) is 1.00. The third-order valence-corrected chi connectivity index (χ3v) is 3.59. The molecule has 0 bridgehead atoms. The molecule has 0 saturated heterocycles. The SMILES string of the molecule is CCOC(CNC1CC(C)(C)CC1C)OCC. The molecular weight excluding hydrogens is 214 g/mol. The third-order valence-electron chi connectivity index (χ3n) is 3.59. The van der Waals surface area contributed by atoms with Crippen molar-refractivity contribution in [1.82, 2.24) is 5.32 Å². The van der Waals surface area contributed by atoms with Gasteiger partial charge < -0.3 is 14.8 Å². The van der Waals surface area contributed by atoms with Crippen molar-refractivity contribution in [3.05, 3.63) is 0 Å². The molecule has 0 aliphatic heterocycles. The van der Waals surface area contributed by atoms with E-state index in [0.29, 0.717) is 24.7 Å². The number of ether oxygens (including phenoxy) is 2. The van der Waals surface area contributed by atoms with Gasteiger partial charge in [-0.1, -0.05) is 20.8 Å². The molecule has 1 rings (SSSR count). The van der Waals surface area contributed by atoms with Crippen LogP contribution in [-0.2, 0) is 9.47 Å². The van der Waals surface area contributed by atoms with Crippen molar-refractivity contribution in [1.29, 1.82) is 0 Å². The van der Waals surface area contributed by atoms with Crippen LogP contribution < -0.4 is 5.32 Å². The first kappa shape index (κ1) is 14.9. The Bertz CT molecular complexity index is 212. The number of hydrogen-bond acceptors (Lipinski definition) is 3. The zero-order valence-electron chi connectivity index (χ0n) is 12.1. The van der Waals surface area contributed by atoms with E-state index in [0.717, 1.165) is 12.5 Å². The number of rotatable bonds is 7. The molecule has 1 fully saturated rings. The van der Waals surface area contributed by atoms with Crippen LogP contribution in [0.3, 0.4) is 0 Å². The molecule has 0 heterocycles. The fourth-order valence-corrected chi connectivity index (χ4v) is 2.95. The second kappa shape index (κ2) is 6.72. The van der Waals surface area contributed by atoms with Gasteiger partial charge in [-0.15, -0.1) is 0 Å². The summed E-state index contributed by atoms with van der Waals surface area (Å²) in [7, 11) is 0. The second-order valence-electron chi connectivity index (χ2n) is 5.90. The molecule has 1 saturated carbocycles. The highest BCUT2D eigenvalue weighted by Crippen LogP contribution is 2.40. The Morgan fingerprint density at radius 3 is 2.18 bits per heavy atom. The van der Waals surface area contributed by atoms with Gasteiger partial charge in [0.1, 0.15) is 0 Å². The zero-order valence-corrected chi connectivity index (χ0v) is 12.1. The second-order valence-corrected chi connectivity index (χ2v) is 5.90. The minimum absolute atomic E-state index is 0.0964. The molecule has 1 aliphatic carbocycles. The van der Waals surface area contributed by atoms with E-state index in [1.54, 1.807) is 0 Å². The van der Waals surface area contributed by atoms with Crippen LogP contribution in [-0.4, -0.2) is 32.1 Å². The predicted molar refractivity (Wildman–Crippen MR) is 71.0 cm³/mol. The molecule has 17 heavy (non-hydrogen) atoms. The van der Waals surface area contributed by atoms with Crippen LogP contribution >= 0.6 is 0 Å².